The van der Waals surface area contributed by atoms with Gasteiger partial charge in [0.2, 0.25) is 5.91 Å². The molecule has 1 fully saturated rings. The number of nitrogens with zero attached hydrogens (tertiary/aromatic N) is 1. The summed E-state index contributed by atoms with van der Waals surface area (Å²) in [6.45, 7) is 0. The number of fused-ring (bicyclic) bond motifs is 1. The van der Waals surface area contributed by atoms with E-state index in [9.17, 15) is 4.79 Å². The van der Waals surface area contributed by atoms with E-state index in [0.29, 0.717) is 17.4 Å². The van der Waals surface area contributed by atoms with Crippen LogP contribution in [0.1, 0.15) is 31.2 Å². The molecule has 1 aromatic rings. The van der Waals surface area contributed by atoms with Gasteiger partial charge in [-0.3, -0.25) is 4.79 Å². The standard InChI is InChI=1S/C17H18N2O/c18-11-12-7-9-13(10-8-12)19-17(20)16-14-5-3-1-2-4-6-15(14)16/h1-2,7-10,14-16H,3-6H2,(H,19,20)/b2-1-. The van der Waals surface area contributed by atoms with Crippen molar-refractivity contribution < 1.29 is 4.79 Å². The molecule has 3 heteroatoms. The fourth-order valence-electron chi connectivity index (χ4n) is 3.29. The van der Waals surface area contributed by atoms with E-state index < -0.39 is 0 Å². The third-order valence-corrected chi connectivity index (χ3v) is 4.42. The highest BCUT2D eigenvalue weighted by atomic mass is 16.2. The highest BCUT2D eigenvalue weighted by Crippen LogP contribution is 2.53. The molecule has 1 saturated carbocycles. The fraction of sp³-hybridized carbons (Fsp3) is 0.412. The van der Waals surface area contributed by atoms with Crippen molar-refractivity contribution >= 4 is 11.6 Å². The van der Waals surface area contributed by atoms with Crippen LogP contribution in [0.25, 0.3) is 0 Å². The Bertz CT molecular complexity index is 552. The zero-order chi connectivity index (χ0) is 13.9. The third-order valence-electron chi connectivity index (χ3n) is 4.42. The van der Waals surface area contributed by atoms with E-state index in [2.05, 4.69) is 23.5 Å². The van der Waals surface area contributed by atoms with Gasteiger partial charge in [-0.2, -0.15) is 5.26 Å². The van der Waals surface area contributed by atoms with E-state index in [1.165, 1.54) is 0 Å². The molecule has 0 aliphatic heterocycles. The van der Waals surface area contributed by atoms with Gasteiger partial charge in [0, 0.05) is 11.6 Å². The molecule has 1 aromatic carbocycles. The summed E-state index contributed by atoms with van der Waals surface area (Å²) in [5.74, 6) is 1.47. The van der Waals surface area contributed by atoms with Crippen molar-refractivity contribution in [3.8, 4) is 6.07 Å². The van der Waals surface area contributed by atoms with Crippen molar-refractivity contribution in [1.29, 1.82) is 5.26 Å². The first-order valence-electron chi connectivity index (χ1n) is 7.25. The molecule has 20 heavy (non-hydrogen) atoms. The summed E-state index contributed by atoms with van der Waals surface area (Å²) in [5.41, 5.74) is 1.40. The van der Waals surface area contributed by atoms with Crippen LogP contribution in [0.15, 0.2) is 36.4 Å². The van der Waals surface area contributed by atoms with Crippen LogP contribution in [0, 0.1) is 29.1 Å². The van der Waals surface area contributed by atoms with Crippen molar-refractivity contribution in [3.05, 3.63) is 42.0 Å². The van der Waals surface area contributed by atoms with Crippen molar-refractivity contribution in [2.45, 2.75) is 25.7 Å². The molecule has 102 valence electrons. The Labute approximate surface area is 119 Å². The van der Waals surface area contributed by atoms with Gasteiger partial charge < -0.3 is 5.32 Å². The van der Waals surface area contributed by atoms with Crippen LogP contribution in [0.2, 0.25) is 0 Å². The number of amides is 1. The van der Waals surface area contributed by atoms with Gasteiger partial charge in [-0.05, 0) is 61.8 Å². The monoisotopic (exact) mass is 266 g/mol. The number of rotatable bonds is 2. The maximum Gasteiger partial charge on any atom is 0.228 e. The summed E-state index contributed by atoms with van der Waals surface area (Å²) >= 11 is 0. The molecule has 0 spiro atoms. The number of nitriles is 1. The molecule has 1 amide bonds. The SMILES string of the molecule is N#Cc1ccc(NC(=O)C2C3CC/C=C\CCC32)cc1. The molecular weight excluding hydrogens is 248 g/mol. The van der Waals surface area contributed by atoms with Gasteiger partial charge in [0.05, 0.1) is 11.6 Å². The first-order valence-corrected chi connectivity index (χ1v) is 7.25. The number of hydrogen-bond donors (Lipinski definition) is 1. The zero-order valence-corrected chi connectivity index (χ0v) is 11.4. The number of benzene rings is 1. The minimum absolute atomic E-state index is 0.145. The minimum atomic E-state index is 0.145. The maximum atomic E-state index is 12.3. The van der Waals surface area contributed by atoms with E-state index in [0.717, 1.165) is 31.4 Å². The predicted molar refractivity (Wildman–Crippen MR) is 77.9 cm³/mol. The van der Waals surface area contributed by atoms with Gasteiger partial charge in [0.25, 0.3) is 0 Å². The highest BCUT2D eigenvalue weighted by Gasteiger charge is 2.53. The Morgan fingerprint density at radius 1 is 1.10 bits per heavy atom. The van der Waals surface area contributed by atoms with Gasteiger partial charge in [-0.15, -0.1) is 0 Å². The van der Waals surface area contributed by atoms with Crippen molar-refractivity contribution in [1.82, 2.24) is 0 Å². The Balaban J connectivity index is 1.61. The Morgan fingerprint density at radius 3 is 2.25 bits per heavy atom. The number of allylic oxidation sites excluding steroid dienone is 2. The van der Waals surface area contributed by atoms with Crippen molar-refractivity contribution in [2.24, 2.45) is 17.8 Å². The van der Waals surface area contributed by atoms with Crippen LogP contribution in [0.5, 0.6) is 0 Å². The van der Waals surface area contributed by atoms with Crippen molar-refractivity contribution in [3.63, 3.8) is 0 Å². The summed E-state index contributed by atoms with van der Waals surface area (Å²) in [7, 11) is 0. The minimum Gasteiger partial charge on any atom is -0.326 e. The topological polar surface area (TPSA) is 52.9 Å². The summed E-state index contributed by atoms with van der Waals surface area (Å²) in [6.07, 6.45) is 8.94. The Kier molecular flexibility index (Phi) is 3.56. The average molecular weight is 266 g/mol. The normalized spacial score (nSPS) is 29.2. The van der Waals surface area contributed by atoms with Crippen LogP contribution >= 0.6 is 0 Å². The number of hydrogen-bond acceptors (Lipinski definition) is 2. The number of carbonyl (C=O) groups is 1. The first-order chi connectivity index (χ1) is 9.79. The molecule has 0 aromatic heterocycles. The third kappa shape index (κ3) is 2.60. The lowest BCUT2D eigenvalue weighted by atomic mass is 10.1. The lowest BCUT2D eigenvalue weighted by Crippen LogP contribution is -2.15. The number of anilines is 1. The van der Waals surface area contributed by atoms with E-state index in [-0.39, 0.29) is 11.8 Å². The molecule has 2 atom stereocenters. The average Bonchev–Trinajstić information content (AvgIpc) is 3.11. The molecule has 1 N–H and O–H groups in total. The maximum absolute atomic E-state index is 12.3. The smallest absolute Gasteiger partial charge is 0.228 e. The molecular formula is C17H18N2O. The lowest BCUT2D eigenvalue weighted by Gasteiger charge is -2.04. The molecule has 0 heterocycles. The first kappa shape index (κ1) is 12.9. The van der Waals surface area contributed by atoms with Crippen LogP contribution < -0.4 is 5.32 Å². The molecule has 0 saturated heterocycles. The van der Waals surface area contributed by atoms with Crippen LogP contribution in [0.4, 0.5) is 5.69 Å². The molecule has 3 nitrogen and oxygen atoms in total. The number of nitrogens with one attached hydrogen (secondary N) is 1. The van der Waals surface area contributed by atoms with Gasteiger partial charge in [-0.25, -0.2) is 0 Å². The molecule has 3 rings (SSSR count). The predicted octanol–water partition coefficient (Wildman–Crippen LogP) is 3.49. The van der Waals surface area contributed by atoms with Gasteiger partial charge >= 0.3 is 0 Å². The quantitative estimate of drug-likeness (QED) is 0.833. The largest absolute Gasteiger partial charge is 0.326 e. The van der Waals surface area contributed by atoms with E-state index >= 15 is 0 Å². The number of carbonyl (C=O) groups excluding carboxylic acids is 1. The van der Waals surface area contributed by atoms with Gasteiger partial charge in [-0.1, -0.05) is 12.2 Å². The molecule has 2 unspecified atom stereocenters. The molecule has 2 aliphatic carbocycles. The second-order valence-electron chi connectivity index (χ2n) is 5.66. The summed E-state index contributed by atoms with van der Waals surface area (Å²) < 4.78 is 0. The van der Waals surface area contributed by atoms with Crippen molar-refractivity contribution in [2.75, 3.05) is 5.32 Å². The van der Waals surface area contributed by atoms with E-state index in [1.54, 1.807) is 24.3 Å². The van der Waals surface area contributed by atoms with Crippen LogP contribution in [-0.2, 0) is 4.79 Å². The second-order valence-corrected chi connectivity index (χ2v) is 5.66. The Morgan fingerprint density at radius 2 is 1.70 bits per heavy atom. The molecule has 0 radical (unpaired) electrons. The highest BCUT2D eigenvalue weighted by molar-refractivity contribution is 5.94. The second kappa shape index (κ2) is 5.50. The fourth-order valence-corrected chi connectivity index (χ4v) is 3.29. The van der Waals surface area contributed by atoms with E-state index in [4.69, 9.17) is 5.26 Å². The van der Waals surface area contributed by atoms with Crippen LogP contribution in [-0.4, -0.2) is 5.91 Å². The van der Waals surface area contributed by atoms with E-state index in [1.807, 2.05) is 0 Å². The van der Waals surface area contributed by atoms with Crippen LogP contribution in [0.3, 0.4) is 0 Å². The summed E-state index contributed by atoms with van der Waals surface area (Å²) in [5, 5.41) is 11.7. The summed E-state index contributed by atoms with van der Waals surface area (Å²) in [4.78, 5) is 12.3. The molecule has 2 aliphatic rings. The zero-order valence-electron chi connectivity index (χ0n) is 11.4. The molecule has 0 bridgehead atoms. The van der Waals surface area contributed by atoms with Gasteiger partial charge in [0.15, 0.2) is 0 Å². The Hall–Kier alpha value is -2.08. The summed E-state index contributed by atoms with van der Waals surface area (Å²) in [6, 6.07) is 9.13. The van der Waals surface area contributed by atoms with Gasteiger partial charge in [0.1, 0.15) is 0 Å². The lowest BCUT2D eigenvalue weighted by molar-refractivity contribution is -0.117.